The van der Waals surface area contributed by atoms with Crippen molar-refractivity contribution in [3.8, 4) is 22.6 Å². The first kappa shape index (κ1) is 19.5. The minimum absolute atomic E-state index is 0.106. The van der Waals surface area contributed by atoms with Gasteiger partial charge >= 0.3 is 0 Å². The molecule has 6 nitrogen and oxygen atoms in total. The summed E-state index contributed by atoms with van der Waals surface area (Å²) in [5, 5.41) is 10.3. The van der Waals surface area contributed by atoms with E-state index in [0.29, 0.717) is 13.2 Å². The number of nitrogens with zero attached hydrogens (tertiary/aromatic N) is 2. The summed E-state index contributed by atoms with van der Waals surface area (Å²) >= 11 is 0. The summed E-state index contributed by atoms with van der Waals surface area (Å²) < 4.78 is 7.24. The van der Waals surface area contributed by atoms with Gasteiger partial charge in [0.1, 0.15) is 5.75 Å². The third kappa shape index (κ3) is 4.12. The van der Waals surface area contributed by atoms with Gasteiger partial charge in [-0.05, 0) is 43.2 Å². The second kappa shape index (κ2) is 8.69. The summed E-state index contributed by atoms with van der Waals surface area (Å²) in [6.07, 6.45) is 5.44. The maximum Gasteiger partial charge on any atom is 0.257 e. The number of aryl methyl sites for hydroxylation is 1. The number of H-pyrrole nitrogens is 1. The Bertz CT molecular complexity index is 1180. The largest absolute Gasteiger partial charge is 0.494 e. The number of hydrogen-bond acceptors (Lipinski definition) is 4. The van der Waals surface area contributed by atoms with Crippen molar-refractivity contribution >= 4 is 5.69 Å². The van der Waals surface area contributed by atoms with Crippen LogP contribution in [0.2, 0.25) is 0 Å². The summed E-state index contributed by atoms with van der Waals surface area (Å²) in [7, 11) is 0. The zero-order chi connectivity index (χ0) is 20.9. The van der Waals surface area contributed by atoms with Crippen molar-refractivity contribution in [2.24, 2.45) is 0 Å². The van der Waals surface area contributed by atoms with Crippen molar-refractivity contribution < 1.29 is 4.74 Å². The van der Waals surface area contributed by atoms with E-state index in [-0.39, 0.29) is 5.56 Å². The van der Waals surface area contributed by atoms with Crippen LogP contribution in [0.4, 0.5) is 5.69 Å². The summed E-state index contributed by atoms with van der Waals surface area (Å²) in [6.45, 7) is 5.15. The van der Waals surface area contributed by atoms with Crippen LogP contribution in [0.15, 0.2) is 78.0 Å². The monoisotopic (exact) mass is 400 g/mol. The van der Waals surface area contributed by atoms with Crippen molar-refractivity contribution in [2.75, 3.05) is 11.9 Å². The third-order valence-corrected chi connectivity index (χ3v) is 4.93. The molecule has 2 aromatic heterocycles. The molecule has 0 unspecified atom stereocenters. The maximum atomic E-state index is 13.0. The van der Waals surface area contributed by atoms with Crippen molar-refractivity contribution in [1.82, 2.24) is 14.8 Å². The fourth-order valence-electron chi connectivity index (χ4n) is 3.44. The molecule has 2 heterocycles. The molecule has 2 aromatic carbocycles. The molecular formula is C24H24N4O2. The van der Waals surface area contributed by atoms with E-state index in [1.165, 1.54) is 0 Å². The van der Waals surface area contributed by atoms with Crippen molar-refractivity contribution in [2.45, 2.75) is 20.4 Å². The number of pyridine rings is 1. The lowest BCUT2D eigenvalue weighted by atomic mass is 10.1. The molecule has 30 heavy (non-hydrogen) atoms. The van der Waals surface area contributed by atoms with Crippen molar-refractivity contribution in [1.29, 1.82) is 0 Å². The zero-order valence-electron chi connectivity index (χ0n) is 17.1. The predicted molar refractivity (Wildman–Crippen MR) is 119 cm³/mol. The number of aromatic nitrogens is 3. The lowest BCUT2D eigenvalue weighted by molar-refractivity contribution is 0.340. The fraction of sp³-hybridized carbons (Fsp3) is 0.167. The third-order valence-electron chi connectivity index (χ3n) is 4.93. The van der Waals surface area contributed by atoms with Gasteiger partial charge in [-0.2, -0.15) is 5.10 Å². The molecule has 0 atom stereocenters. The highest BCUT2D eigenvalue weighted by Crippen LogP contribution is 2.28. The lowest BCUT2D eigenvalue weighted by Crippen LogP contribution is -2.19. The molecule has 0 aliphatic rings. The van der Waals surface area contributed by atoms with Gasteiger partial charge in [-0.3, -0.25) is 14.5 Å². The minimum atomic E-state index is -0.106. The first-order valence-corrected chi connectivity index (χ1v) is 9.93. The molecule has 0 aliphatic heterocycles. The zero-order valence-corrected chi connectivity index (χ0v) is 17.1. The van der Waals surface area contributed by atoms with Crippen LogP contribution in [0.3, 0.4) is 0 Å². The van der Waals surface area contributed by atoms with Crippen LogP contribution in [0, 0.1) is 6.92 Å². The number of hydrogen-bond donors (Lipinski definition) is 2. The first-order chi connectivity index (χ1) is 14.7. The van der Waals surface area contributed by atoms with E-state index in [9.17, 15) is 4.79 Å². The Kier molecular flexibility index (Phi) is 5.66. The van der Waals surface area contributed by atoms with E-state index in [4.69, 9.17) is 4.74 Å². The number of aromatic amines is 1. The quantitative estimate of drug-likeness (QED) is 0.477. The highest BCUT2D eigenvalue weighted by Gasteiger charge is 2.13. The van der Waals surface area contributed by atoms with Crippen molar-refractivity contribution in [3.05, 3.63) is 94.7 Å². The maximum absolute atomic E-state index is 13.0. The Morgan fingerprint density at radius 1 is 1.13 bits per heavy atom. The van der Waals surface area contributed by atoms with E-state index in [1.807, 2.05) is 62.6 Å². The fourth-order valence-corrected chi connectivity index (χ4v) is 3.44. The van der Waals surface area contributed by atoms with Gasteiger partial charge in [-0.15, -0.1) is 0 Å². The second-order valence-corrected chi connectivity index (χ2v) is 7.02. The topological polar surface area (TPSA) is 71.9 Å². The Morgan fingerprint density at radius 3 is 2.67 bits per heavy atom. The molecule has 0 bridgehead atoms. The van der Waals surface area contributed by atoms with Gasteiger partial charge in [0.25, 0.3) is 5.56 Å². The van der Waals surface area contributed by atoms with Crippen LogP contribution in [-0.2, 0) is 6.54 Å². The number of ether oxygens (including phenoxy) is 1. The van der Waals surface area contributed by atoms with Gasteiger partial charge in [0.05, 0.1) is 18.5 Å². The Balaban J connectivity index is 1.75. The molecule has 0 saturated heterocycles. The van der Waals surface area contributed by atoms with Crippen molar-refractivity contribution in [3.63, 3.8) is 0 Å². The highest BCUT2D eigenvalue weighted by molar-refractivity contribution is 5.76. The summed E-state index contributed by atoms with van der Waals surface area (Å²) in [4.78, 5) is 13.0. The van der Waals surface area contributed by atoms with E-state index < -0.39 is 0 Å². The molecule has 0 aliphatic carbocycles. The molecular weight excluding hydrogens is 376 g/mol. The molecule has 4 rings (SSSR count). The molecule has 0 spiro atoms. The molecule has 6 heteroatoms. The Morgan fingerprint density at radius 2 is 1.97 bits per heavy atom. The van der Waals surface area contributed by atoms with Crippen LogP contribution in [0.5, 0.6) is 5.75 Å². The molecule has 0 fully saturated rings. The van der Waals surface area contributed by atoms with Crippen LogP contribution in [0.1, 0.15) is 18.1 Å². The number of nitrogens with one attached hydrogen (secondary N) is 2. The average molecular weight is 400 g/mol. The first-order valence-electron chi connectivity index (χ1n) is 9.93. The standard InChI is InChI=1S/C24H24N4O2/c1-3-30-20-9-10-23(17(2)11-20)28-16-21(19-14-26-27-15-19)22(12-24(28)29)25-13-18-7-5-4-6-8-18/h4-12,14-16,25H,3,13H2,1-2H3,(H,26,27). The van der Waals surface area contributed by atoms with Gasteiger partial charge < -0.3 is 10.1 Å². The van der Waals surface area contributed by atoms with E-state index in [1.54, 1.807) is 16.8 Å². The van der Waals surface area contributed by atoms with Crippen LogP contribution in [-0.4, -0.2) is 21.4 Å². The van der Waals surface area contributed by atoms with E-state index in [2.05, 4.69) is 27.6 Å². The normalized spacial score (nSPS) is 10.7. The number of benzene rings is 2. The van der Waals surface area contributed by atoms with E-state index >= 15 is 0 Å². The molecule has 0 amide bonds. The molecule has 0 saturated carbocycles. The van der Waals surface area contributed by atoms with Crippen LogP contribution in [0.25, 0.3) is 16.8 Å². The minimum Gasteiger partial charge on any atom is -0.494 e. The smallest absolute Gasteiger partial charge is 0.257 e. The summed E-state index contributed by atoms with van der Waals surface area (Å²) in [6, 6.07) is 17.5. The summed E-state index contributed by atoms with van der Waals surface area (Å²) in [5.74, 6) is 0.794. The van der Waals surface area contributed by atoms with Gasteiger partial charge in [0, 0.05) is 41.8 Å². The van der Waals surface area contributed by atoms with E-state index in [0.717, 1.165) is 39.4 Å². The molecule has 0 radical (unpaired) electrons. The van der Waals surface area contributed by atoms with Gasteiger partial charge in [-0.1, -0.05) is 30.3 Å². The van der Waals surface area contributed by atoms with Gasteiger partial charge in [0.15, 0.2) is 0 Å². The Hall–Kier alpha value is -3.80. The molecule has 4 aromatic rings. The summed E-state index contributed by atoms with van der Waals surface area (Å²) in [5.41, 5.74) is 5.39. The number of anilines is 1. The molecule has 152 valence electrons. The highest BCUT2D eigenvalue weighted by atomic mass is 16.5. The van der Waals surface area contributed by atoms with Gasteiger partial charge in [-0.25, -0.2) is 0 Å². The van der Waals surface area contributed by atoms with Crippen LogP contribution >= 0.6 is 0 Å². The predicted octanol–water partition coefficient (Wildman–Crippen LogP) is 4.55. The number of rotatable bonds is 7. The van der Waals surface area contributed by atoms with Gasteiger partial charge in [0.2, 0.25) is 0 Å². The lowest BCUT2D eigenvalue weighted by Gasteiger charge is -2.16. The second-order valence-electron chi connectivity index (χ2n) is 7.02. The SMILES string of the molecule is CCOc1ccc(-n2cc(-c3cn[nH]c3)c(NCc3ccccc3)cc2=O)c(C)c1. The van der Waals surface area contributed by atoms with Crippen LogP contribution < -0.4 is 15.6 Å². The molecule has 2 N–H and O–H groups in total. The average Bonchev–Trinajstić information content (AvgIpc) is 3.28. The Labute approximate surface area is 175 Å².